The van der Waals surface area contributed by atoms with Gasteiger partial charge in [0.15, 0.2) is 0 Å². The lowest BCUT2D eigenvalue weighted by Crippen LogP contribution is -2.46. The zero-order valence-corrected chi connectivity index (χ0v) is 15.8. The lowest BCUT2D eigenvalue weighted by molar-refractivity contribution is -0.132. The molecule has 1 aromatic carbocycles. The van der Waals surface area contributed by atoms with Gasteiger partial charge in [0.05, 0.1) is 4.90 Å². The van der Waals surface area contributed by atoms with Gasteiger partial charge in [-0.15, -0.1) is 12.4 Å². The molecule has 0 radical (unpaired) electrons. The van der Waals surface area contributed by atoms with Crippen LogP contribution in [0, 0.1) is 5.82 Å². The Morgan fingerprint density at radius 1 is 1.32 bits per heavy atom. The van der Waals surface area contributed by atoms with Gasteiger partial charge in [0.25, 0.3) is 0 Å². The minimum absolute atomic E-state index is 0. The second-order valence-corrected chi connectivity index (χ2v) is 7.96. The van der Waals surface area contributed by atoms with E-state index in [-0.39, 0.29) is 35.3 Å². The molecule has 25 heavy (non-hydrogen) atoms. The van der Waals surface area contributed by atoms with Crippen molar-refractivity contribution >= 4 is 28.3 Å². The van der Waals surface area contributed by atoms with Crippen LogP contribution in [-0.4, -0.2) is 44.4 Å². The number of nitrogens with zero attached hydrogens (tertiary/aromatic N) is 1. The largest absolute Gasteiger partial charge is 0.343 e. The van der Waals surface area contributed by atoms with Gasteiger partial charge in [-0.3, -0.25) is 4.79 Å². The summed E-state index contributed by atoms with van der Waals surface area (Å²) in [5.41, 5.74) is 5.66. The van der Waals surface area contributed by atoms with Crippen LogP contribution in [0.15, 0.2) is 29.2 Å². The Bertz CT molecular complexity index is 660. The predicted octanol–water partition coefficient (Wildman–Crippen LogP) is 1.64. The summed E-state index contributed by atoms with van der Waals surface area (Å²) in [5.74, 6) is -0.417. The lowest BCUT2D eigenvalue weighted by Gasteiger charge is -2.32. The number of nitrogens with two attached hydrogens (primary N) is 1. The van der Waals surface area contributed by atoms with E-state index in [1.807, 2.05) is 6.92 Å². The standard InChI is InChI=1S/C16H24FN3O3S.ClH/c1-12(18)2-7-16(21)20-10-8-14(9-11-20)19-24(22,23)15-5-3-13(17)4-6-15;/h3-6,12,14,19H,2,7-11,18H2,1H3;1H. The topological polar surface area (TPSA) is 92.5 Å². The first-order chi connectivity index (χ1) is 11.3. The number of benzene rings is 1. The Balaban J connectivity index is 0.00000312. The number of carbonyl (C=O) groups is 1. The minimum Gasteiger partial charge on any atom is -0.343 e. The van der Waals surface area contributed by atoms with Crippen LogP contribution in [0.4, 0.5) is 4.39 Å². The van der Waals surface area contributed by atoms with Crippen LogP contribution < -0.4 is 10.5 Å². The average Bonchev–Trinajstić information content (AvgIpc) is 2.53. The second-order valence-electron chi connectivity index (χ2n) is 6.25. The highest BCUT2D eigenvalue weighted by molar-refractivity contribution is 7.89. The van der Waals surface area contributed by atoms with Gasteiger partial charge < -0.3 is 10.6 Å². The zero-order chi connectivity index (χ0) is 17.7. The van der Waals surface area contributed by atoms with Gasteiger partial charge in [-0.2, -0.15) is 0 Å². The van der Waals surface area contributed by atoms with Crippen molar-refractivity contribution in [1.29, 1.82) is 0 Å². The molecule has 1 aliphatic heterocycles. The van der Waals surface area contributed by atoms with Gasteiger partial charge in [-0.1, -0.05) is 0 Å². The van der Waals surface area contributed by atoms with Crippen molar-refractivity contribution in [2.45, 2.75) is 49.6 Å². The quantitative estimate of drug-likeness (QED) is 0.768. The van der Waals surface area contributed by atoms with Crippen molar-refractivity contribution in [2.75, 3.05) is 13.1 Å². The van der Waals surface area contributed by atoms with E-state index in [2.05, 4.69) is 4.72 Å². The Hall–Kier alpha value is -1.22. The van der Waals surface area contributed by atoms with Crippen molar-refractivity contribution in [3.8, 4) is 0 Å². The van der Waals surface area contributed by atoms with Crippen LogP contribution in [0.5, 0.6) is 0 Å². The first kappa shape index (κ1) is 21.8. The van der Waals surface area contributed by atoms with E-state index < -0.39 is 15.8 Å². The second kappa shape index (κ2) is 9.47. The zero-order valence-electron chi connectivity index (χ0n) is 14.2. The summed E-state index contributed by atoms with van der Waals surface area (Å²) in [6.45, 7) is 2.91. The smallest absolute Gasteiger partial charge is 0.240 e. The lowest BCUT2D eigenvalue weighted by atomic mass is 10.1. The third kappa shape index (κ3) is 6.54. The molecule has 0 aliphatic carbocycles. The summed E-state index contributed by atoms with van der Waals surface area (Å²) in [5, 5.41) is 0. The molecule has 6 nitrogen and oxygen atoms in total. The molecule has 3 N–H and O–H groups in total. The summed E-state index contributed by atoms with van der Waals surface area (Å²) in [6, 6.07) is 4.49. The van der Waals surface area contributed by atoms with Crippen LogP contribution in [0.2, 0.25) is 0 Å². The molecule has 0 aromatic heterocycles. The number of hydrogen-bond acceptors (Lipinski definition) is 4. The summed E-state index contributed by atoms with van der Waals surface area (Å²) in [6.07, 6.45) is 2.19. The number of nitrogens with one attached hydrogen (secondary N) is 1. The fourth-order valence-corrected chi connectivity index (χ4v) is 3.96. The highest BCUT2D eigenvalue weighted by Crippen LogP contribution is 2.16. The van der Waals surface area contributed by atoms with Crippen molar-refractivity contribution in [3.63, 3.8) is 0 Å². The molecule has 1 aromatic rings. The molecule has 142 valence electrons. The minimum atomic E-state index is -3.67. The molecule has 1 fully saturated rings. The molecule has 0 saturated carbocycles. The number of hydrogen-bond donors (Lipinski definition) is 2. The molecule has 1 unspecified atom stereocenters. The van der Waals surface area contributed by atoms with E-state index in [9.17, 15) is 17.6 Å². The molecule has 1 atom stereocenters. The maximum absolute atomic E-state index is 12.9. The van der Waals surface area contributed by atoms with E-state index in [1.165, 1.54) is 12.1 Å². The number of sulfonamides is 1. The molecule has 2 rings (SSSR count). The van der Waals surface area contributed by atoms with Crippen LogP contribution in [-0.2, 0) is 14.8 Å². The summed E-state index contributed by atoms with van der Waals surface area (Å²) in [7, 11) is -3.67. The van der Waals surface area contributed by atoms with E-state index >= 15 is 0 Å². The molecule has 1 aliphatic rings. The van der Waals surface area contributed by atoms with Crippen molar-refractivity contribution < 1.29 is 17.6 Å². The van der Waals surface area contributed by atoms with Gasteiger partial charge in [0.1, 0.15) is 5.82 Å². The number of likely N-dealkylation sites (tertiary alicyclic amines) is 1. The number of piperidine rings is 1. The van der Waals surface area contributed by atoms with Gasteiger partial charge in [-0.25, -0.2) is 17.5 Å². The van der Waals surface area contributed by atoms with E-state index in [0.717, 1.165) is 12.1 Å². The maximum atomic E-state index is 12.9. The molecule has 9 heteroatoms. The fraction of sp³-hybridized carbons (Fsp3) is 0.562. The molecule has 1 amide bonds. The Morgan fingerprint density at radius 3 is 2.40 bits per heavy atom. The number of amides is 1. The fourth-order valence-electron chi connectivity index (χ4n) is 2.66. The summed E-state index contributed by atoms with van der Waals surface area (Å²) < 4.78 is 40.1. The van der Waals surface area contributed by atoms with Gasteiger partial charge >= 0.3 is 0 Å². The van der Waals surface area contributed by atoms with Gasteiger partial charge in [0, 0.05) is 31.6 Å². The van der Waals surface area contributed by atoms with Crippen LogP contribution in [0.25, 0.3) is 0 Å². The number of rotatable bonds is 6. The monoisotopic (exact) mass is 393 g/mol. The molecular weight excluding hydrogens is 369 g/mol. The summed E-state index contributed by atoms with van der Waals surface area (Å²) in [4.78, 5) is 13.8. The first-order valence-corrected chi connectivity index (χ1v) is 9.57. The van der Waals surface area contributed by atoms with Crippen LogP contribution in [0.1, 0.15) is 32.6 Å². The third-order valence-electron chi connectivity index (χ3n) is 4.11. The molecular formula is C16H25ClFN3O3S. The Labute approximate surface area is 154 Å². The number of halogens is 2. The van der Waals surface area contributed by atoms with E-state index in [1.54, 1.807) is 4.90 Å². The SMILES string of the molecule is CC(N)CCC(=O)N1CCC(NS(=O)(=O)c2ccc(F)cc2)CC1.Cl. The van der Waals surface area contributed by atoms with E-state index in [4.69, 9.17) is 5.73 Å². The molecule has 1 saturated heterocycles. The van der Waals surface area contributed by atoms with Crippen molar-refractivity contribution in [3.05, 3.63) is 30.1 Å². The highest BCUT2D eigenvalue weighted by atomic mass is 35.5. The van der Waals surface area contributed by atoms with Crippen LogP contribution in [0.3, 0.4) is 0 Å². The van der Waals surface area contributed by atoms with Crippen molar-refractivity contribution in [1.82, 2.24) is 9.62 Å². The maximum Gasteiger partial charge on any atom is 0.240 e. The normalized spacial score (nSPS) is 17.0. The van der Waals surface area contributed by atoms with Gasteiger partial charge in [-0.05, 0) is 50.5 Å². The Kier molecular flexibility index (Phi) is 8.27. The highest BCUT2D eigenvalue weighted by Gasteiger charge is 2.26. The first-order valence-electron chi connectivity index (χ1n) is 8.09. The average molecular weight is 394 g/mol. The summed E-state index contributed by atoms with van der Waals surface area (Å²) >= 11 is 0. The molecule has 0 bridgehead atoms. The van der Waals surface area contributed by atoms with Crippen molar-refractivity contribution in [2.24, 2.45) is 5.73 Å². The predicted molar refractivity (Wildman–Crippen MR) is 96.5 cm³/mol. The molecule has 0 spiro atoms. The number of carbonyl (C=O) groups excluding carboxylic acids is 1. The molecule has 1 heterocycles. The Morgan fingerprint density at radius 2 is 1.88 bits per heavy atom. The third-order valence-corrected chi connectivity index (χ3v) is 5.64. The van der Waals surface area contributed by atoms with Crippen LogP contribution >= 0.6 is 12.4 Å². The van der Waals surface area contributed by atoms with E-state index in [0.29, 0.717) is 38.8 Å². The van der Waals surface area contributed by atoms with Gasteiger partial charge in [0.2, 0.25) is 15.9 Å².